The number of nitriles is 1. The molecule has 0 saturated carbocycles. The monoisotopic (exact) mass is 476 g/mol. The van der Waals surface area contributed by atoms with Crippen molar-refractivity contribution < 1.29 is 27.6 Å². The summed E-state index contributed by atoms with van der Waals surface area (Å²) in [4.78, 5) is 16.5. The van der Waals surface area contributed by atoms with Crippen LogP contribution in [0.5, 0.6) is 0 Å². The second-order valence-corrected chi connectivity index (χ2v) is 9.32. The molecule has 7 nitrogen and oxygen atoms in total. The number of carbonyl (C=O) groups excluding carboxylic acids is 1. The van der Waals surface area contributed by atoms with Crippen molar-refractivity contribution >= 4 is 11.6 Å². The summed E-state index contributed by atoms with van der Waals surface area (Å²) in [5, 5.41) is 23.0. The van der Waals surface area contributed by atoms with Crippen LogP contribution >= 0.6 is 0 Å². The second-order valence-electron chi connectivity index (χ2n) is 9.32. The van der Waals surface area contributed by atoms with Gasteiger partial charge in [0.05, 0.1) is 29.3 Å². The first kappa shape index (κ1) is 24.1. The maximum Gasteiger partial charge on any atom is 0.417 e. The van der Waals surface area contributed by atoms with E-state index in [0.717, 1.165) is 11.6 Å². The van der Waals surface area contributed by atoms with E-state index in [9.17, 15) is 23.1 Å². The van der Waals surface area contributed by atoms with Crippen LogP contribution in [-0.4, -0.2) is 53.9 Å². The van der Waals surface area contributed by atoms with Gasteiger partial charge in [0.2, 0.25) is 5.91 Å². The average molecular weight is 476 g/mol. The molecule has 182 valence electrons. The molecule has 2 fully saturated rings. The summed E-state index contributed by atoms with van der Waals surface area (Å²) in [6.07, 6.45) is -3.09. The number of rotatable bonds is 4. The molecule has 2 saturated heterocycles. The third kappa shape index (κ3) is 4.37. The van der Waals surface area contributed by atoms with Crippen molar-refractivity contribution in [3.8, 4) is 6.07 Å². The van der Waals surface area contributed by atoms with Crippen LogP contribution in [0.3, 0.4) is 0 Å². The molecule has 1 amide bonds. The topological polar surface area (TPSA) is 93.6 Å². The minimum atomic E-state index is -4.62. The minimum absolute atomic E-state index is 0.0124. The number of piperidine rings is 1. The van der Waals surface area contributed by atoms with Gasteiger partial charge in [-0.15, -0.1) is 0 Å². The molecule has 1 N–H and O–H groups in total. The van der Waals surface area contributed by atoms with Crippen LogP contribution in [0.1, 0.15) is 41.0 Å². The highest BCUT2D eigenvalue weighted by molar-refractivity contribution is 5.79. The smallest absolute Gasteiger partial charge is 0.396 e. The van der Waals surface area contributed by atoms with E-state index in [0.29, 0.717) is 56.2 Å². The maximum absolute atomic E-state index is 13.4. The number of alkyl halides is 3. The lowest BCUT2D eigenvalue weighted by Gasteiger charge is -2.42. The Labute approximate surface area is 195 Å². The number of anilines is 1. The van der Waals surface area contributed by atoms with Gasteiger partial charge in [-0.05, 0) is 50.3 Å². The van der Waals surface area contributed by atoms with Gasteiger partial charge in [0.1, 0.15) is 5.76 Å². The van der Waals surface area contributed by atoms with Gasteiger partial charge in [0, 0.05) is 50.0 Å². The molecule has 0 aliphatic carbocycles. The highest BCUT2D eigenvalue weighted by Crippen LogP contribution is 2.46. The van der Waals surface area contributed by atoms with Crippen LogP contribution in [-0.2, 0) is 17.4 Å². The third-order valence-corrected chi connectivity index (χ3v) is 7.45. The molecular formula is C24H27F3N4O3. The first-order valence-corrected chi connectivity index (χ1v) is 11.2. The lowest BCUT2D eigenvalue weighted by molar-refractivity contribution is -0.137. The van der Waals surface area contributed by atoms with E-state index in [4.69, 9.17) is 9.78 Å². The fraction of sp³-hybridized carbons (Fsp3) is 0.542. The molecule has 2 aliphatic heterocycles. The number of aliphatic hydroxyl groups is 1. The molecule has 0 bridgehead atoms. The molecule has 34 heavy (non-hydrogen) atoms. The number of hydrogen-bond acceptors (Lipinski definition) is 6. The summed E-state index contributed by atoms with van der Waals surface area (Å²) in [6.45, 7) is 5.46. The molecule has 3 heterocycles. The Morgan fingerprint density at radius 3 is 2.59 bits per heavy atom. The number of halogens is 3. The molecule has 1 atom stereocenters. The summed E-state index contributed by atoms with van der Waals surface area (Å²) in [5.74, 6) is 0.505. The van der Waals surface area contributed by atoms with Crippen LogP contribution in [0.25, 0.3) is 0 Å². The molecule has 4 rings (SSSR count). The van der Waals surface area contributed by atoms with Crippen molar-refractivity contribution in [3.05, 3.63) is 46.3 Å². The van der Waals surface area contributed by atoms with Crippen molar-refractivity contribution in [2.75, 3.05) is 37.7 Å². The quantitative estimate of drug-likeness (QED) is 0.727. The van der Waals surface area contributed by atoms with Crippen LogP contribution in [0.2, 0.25) is 0 Å². The zero-order valence-corrected chi connectivity index (χ0v) is 19.2. The zero-order valence-electron chi connectivity index (χ0n) is 19.2. The van der Waals surface area contributed by atoms with E-state index in [1.807, 2.05) is 4.90 Å². The second kappa shape index (κ2) is 8.95. The van der Waals surface area contributed by atoms with Gasteiger partial charge < -0.3 is 19.4 Å². The van der Waals surface area contributed by atoms with E-state index in [1.165, 1.54) is 12.1 Å². The number of aliphatic hydroxyl groups excluding tert-OH is 1. The summed E-state index contributed by atoms with van der Waals surface area (Å²) in [6, 6.07) is 5.36. The number of carbonyl (C=O) groups is 1. The van der Waals surface area contributed by atoms with Gasteiger partial charge >= 0.3 is 6.18 Å². The van der Waals surface area contributed by atoms with Crippen molar-refractivity contribution in [3.63, 3.8) is 0 Å². The fourth-order valence-corrected chi connectivity index (χ4v) is 5.33. The maximum atomic E-state index is 13.4. The van der Waals surface area contributed by atoms with Gasteiger partial charge in [-0.25, -0.2) is 0 Å². The van der Waals surface area contributed by atoms with Crippen LogP contribution in [0.15, 0.2) is 22.7 Å². The Bertz CT molecular complexity index is 1090. The number of aryl methyl sites for hydroxylation is 2. The van der Waals surface area contributed by atoms with Gasteiger partial charge in [-0.1, -0.05) is 5.16 Å². The number of likely N-dealkylation sites (tertiary alicyclic amines) is 1. The van der Waals surface area contributed by atoms with Crippen LogP contribution in [0.4, 0.5) is 18.9 Å². The van der Waals surface area contributed by atoms with E-state index in [2.05, 4.69) is 5.16 Å². The van der Waals surface area contributed by atoms with Crippen LogP contribution in [0, 0.1) is 36.5 Å². The molecule has 1 aromatic heterocycles. The largest absolute Gasteiger partial charge is 0.417 e. The van der Waals surface area contributed by atoms with E-state index in [-0.39, 0.29) is 30.3 Å². The number of amides is 1. The number of aromatic nitrogens is 1. The first-order valence-electron chi connectivity index (χ1n) is 11.2. The van der Waals surface area contributed by atoms with Crippen molar-refractivity contribution in [2.45, 2.75) is 39.3 Å². The molecule has 2 aliphatic rings. The SMILES string of the molecule is Cc1noc(C)c1CC(=O)N1CCC2(CC1)CN(c1ccc(C#N)c(C(F)(F)F)c1)CC2CO. The average Bonchev–Trinajstić information content (AvgIpc) is 3.33. The van der Waals surface area contributed by atoms with Crippen molar-refractivity contribution in [1.29, 1.82) is 5.26 Å². The molecule has 0 radical (unpaired) electrons. The Hall–Kier alpha value is -3.06. The van der Waals surface area contributed by atoms with Gasteiger partial charge in [-0.2, -0.15) is 18.4 Å². The van der Waals surface area contributed by atoms with Crippen LogP contribution < -0.4 is 4.90 Å². The van der Waals surface area contributed by atoms with E-state index < -0.39 is 17.3 Å². The Kier molecular flexibility index (Phi) is 6.34. The van der Waals surface area contributed by atoms with E-state index in [1.54, 1.807) is 24.8 Å². The van der Waals surface area contributed by atoms with E-state index >= 15 is 0 Å². The third-order valence-electron chi connectivity index (χ3n) is 7.45. The molecule has 1 spiro atoms. The predicted octanol–water partition coefficient (Wildman–Crippen LogP) is 3.46. The highest BCUT2D eigenvalue weighted by atomic mass is 19.4. The van der Waals surface area contributed by atoms with Gasteiger partial charge in [-0.3, -0.25) is 4.79 Å². The summed E-state index contributed by atoms with van der Waals surface area (Å²) in [7, 11) is 0. The summed E-state index contributed by atoms with van der Waals surface area (Å²) in [5.41, 5.74) is 0.237. The highest BCUT2D eigenvalue weighted by Gasteiger charge is 2.48. The molecular weight excluding hydrogens is 449 g/mol. The molecule has 2 aromatic rings. The predicted molar refractivity (Wildman–Crippen MR) is 117 cm³/mol. The number of hydrogen-bond donors (Lipinski definition) is 1. The first-order chi connectivity index (χ1) is 16.1. The fourth-order valence-electron chi connectivity index (χ4n) is 5.33. The minimum Gasteiger partial charge on any atom is -0.396 e. The van der Waals surface area contributed by atoms with Crippen molar-refractivity contribution in [2.24, 2.45) is 11.3 Å². The Balaban J connectivity index is 1.48. The van der Waals surface area contributed by atoms with Crippen molar-refractivity contribution in [1.82, 2.24) is 10.1 Å². The Morgan fingerprint density at radius 2 is 2.03 bits per heavy atom. The molecule has 1 unspecified atom stereocenters. The van der Waals surface area contributed by atoms with Gasteiger partial charge in [0.15, 0.2) is 0 Å². The normalized spacial score (nSPS) is 20.1. The summed E-state index contributed by atoms with van der Waals surface area (Å²) < 4.78 is 45.5. The standard InChI is InChI=1S/C24H27F3N4O3/c1-15-20(16(2)34-29-15)10-22(33)30-7-5-23(6-8-30)14-31(12-18(23)13-32)19-4-3-17(11-28)21(9-19)24(25,26)27/h3-4,9,18,32H,5-8,10,12-14H2,1-2H3. The lowest BCUT2D eigenvalue weighted by atomic mass is 9.71. The number of benzene rings is 1. The Morgan fingerprint density at radius 1 is 1.32 bits per heavy atom. The zero-order chi connectivity index (χ0) is 24.7. The molecule has 10 heteroatoms. The molecule has 1 aromatic carbocycles. The van der Waals surface area contributed by atoms with Gasteiger partial charge in [0.25, 0.3) is 0 Å². The number of nitrogens with zero attached hydrogens (tertiary/aromatic N) is 4. The lowest BCUT2D eigenvalue weighted by Crippen LogP contribution is -2.47. The summed E-state index contributed by atoms with van der Waals surface area (Å²) >= 11 is 0.